The van der Waals surface area contributed by atoms with Crippen LogP contribution in [-0.2, 0) is 4.79 Å². The molecule has 0 radical (unpaired) electrons. The molecule has 17 heavy (non-hydrogen) atoms. The number of amides is 1. The van der Waals surface area contributed by atoms with Crippen molar-refractivity contribution in [2.75, 3.05) is 13.1 Å². The van der Waals surface area contributed by atoms with E-state index >= 15 is 0 Å². The summed E-state index contributed by atoms with van der Waals surface area (Å²) in [6.07, 6.45) is 3.17. The van der Waals surface area contributed by atoms with Gasteiger partial charge in [0, 0.05) is 18.7 Å². The summed E-state index contributed by atoms with van der Waals surface area (Å²) in [5.41, 5.74) is 1.58. The third kappa shape index (κ3) is 2.73. The van der Waals surface area contributed by atoms with Gasteiger partial charge in [0.1, 0.15) is 0 Å². The molecular weight excluding hydrogens is 214 g/mol. The van der Waals surface area contributed by atoms with Gasteiger partial charge in [0.05, 0.1) is 0 Å². The zero-order chi connectivity index (χ0) is 12.3. The number of rotatable bonds is 2. The first kappa shape index (κ1) is 11.8. The van der Waals surface area contributed by atoms with Crippen molar-refractivity contribution in [1.29, 1.82) is 0 Å². The quantitative estimate of drug-likeness (QED) is 0.578. The molecule has 0 N–H and O–H groups in total. The van der Waals surface area contributed by atoms with Gasteiger partial charge in [-0.2, -0.15) is 0 Å². The molecule has 1 aromatic rings. The van der Waals surface area contributed by atoms with Crippen LogP contribution in [0.4, 0.5) is 0 Å². The molecule has 0 spiro atoms. The lowest BCUT2D eigenvalue weighted by Crippen LogP contribution is -2.40. The molecule has 90 valence electrons. The van der Waals surface area contributed by atoms with E-state index in [2.05, 4.69) is 0 Å². The van der Waals surface area contributed by atoms with Crippen LogP contribution in [0, 0.1) is 6.92 Å². The third-order valence-corrected chi connectivity index (χ3v) is 3.15. The van der Waals surface area contributed by atoms with Gasteiger partial charge in [-0.3, -0.25) is 9.59 Å². The fourth-order valence-corrected chi connectivity index (χ4v) is 2.07. The molecule has 1 aromatic carbocycles. The maximum atomic E-state index is 12.0. The molecular formula is C14H17NO2. The number of likely N-dealkylation sites (tertiary alicyclic amines) is 1. The van der Waals surface area contributed by atoms with E-state index in [9.17, 15) is 9.59 Å². The summed E-state index contributed by atoms with van der Waals surface area (Å²) < 4.78 is 0. The second-order valence-electron chi connectivity index (χ2n) is 4.55. The number of piperidine rings is 1. The van der Waals surface area contributed by atoms with Crippen LogP contribution in [0.3, 0.4) is 0 Å². The van der Waals surface area contributed by atoms with Gasteiger partial charge < -0.3 is 4.90 Å². The molecule has 0 aromatic heterocycles. The van der Waals surface area contributed by atoms with E-state index in [1.807, 2.05) is 19.1 Å². The molecule has 1 fully saturated rings. The van der Waals surface area contributed by atoms with Gasteiger partial charge in [-0.25, -0.2) is 0 Å². The summed E-state index contributed by atoms with van der Waals surface area (Å²) in [5, 5.41) is 0. The Balaban J connectivity index is 2.08. The summed E-state index contributed by atoms with van der Waals surface area (Å²) in [6.45, 7) is 3.40. The van der Waals surface area contributed by atoms with Gasteiger partial charge >= 0.3 is 0 Å². The van der Waals surface area contributed by atoms with E-state index in [0.29, 0.717) is 5.56 Å². The van der Waals surface area contributed by atoms with Crippen LogP contribution in [0.2, 0.25) is 0 Å². The summed E-state index contributed by atoms with van der Waals surface area (Å²) in [7, 11) is 0. The Morgan fingerprint density at radius 3 is 2.18 bits per heavy atom. The van der Waals surface area contributed by atoms with Gasteiger partial charge in [-0.15, -0.1) is 0 Å². The molecule has 3 heteroatoms. The lowest BCUT2D eigenvalue weighted by atomic mass is 10.1. The van der Waals surface area contributed by atoms with Gasteiger partial charge in [0.25, 0.3) is 5.91 Å². The summed E-state index contributed by atoms with van der Waals surface area (Å²) >= 11 is 0. The number of ketones is 1. The highest BCUT2D eigenvalue weighted by molar-refractivity contribution is 6.42. The highest BCUT2D eigenvalue weighted by Gasteiger charge is 2.24. The van der Waals surface area contributed by atoms with Gasteiger partial charge in [0.2, 0.25) is 5.78 Å². The Labute approximate surface area is 101 Å². The first-order valence-electron chi connectivity index (χ1n) is 6.09. The van der Waals surface area contributed by atoms with Crippen LogP contribution in [0.15, 0.2) is 24.3 Å². The molecule has 0 aliphatic carbocycles. The third-order valence-electron chi connectivity index (χ3n) is 3.15. The lowest BCUT2D eigenvalue weighted by molar-refractivity contribution is -0.127. The van der Waals surface area contributed by atoms with Crippen LogP contribution in [0.5, 0.6) is 0 Å². The van der Waals surface area contributed by atoms with Crippen LogP contribution in [0.25, 0.3) is 0 Å². The molecule has 1 saturated heterocycles. The fourth-order valence-electron chi connectivity index (χ4n) is 2.07. The lowest BCUT2D eigenvalue weighted by Gasteiger charge is -2.25. The minimum Gasteiger partial charge on any atom is -0.336 e. The highest BCUT2D eigenvalue weighted by atomic mass is 16.2. The molecule has 0 bridgehead atoms. The number of aryl methyl sites for hydroxylation is 1. The molecule has 0 atom stereocenters. The predicted octanol–water partition coefficient (Wildman–Crippen LogP) is 2.19. The SMILES string of the molecule is Cc1ccc(C(=O)C(=O)N2CCCCC2)cc1. The van der Waals surface area contributed by atoms with E-state index in [0.717, 1.165) is 37.9 Å². The molecule has 3 nitrogen and oxygen atoms in total. The van der Waals surface area contributed by atoms with Crippen molar-refractivity contribution in [3.63, 3.8) is 0 Å². The Bertz CT molecular complexity index is 416. The van der Waals surface area contributed by atoms with Crippen LogP contribution < -0.4 is 0 Å². The van der Waals surface area contributed by atoms with Crippen molar-refractivity contribution in [2.45, 2.75) is 26.2 Å². The first-order chi connectivity index (χ1) is 8.18. The molecule has 1 heterocycles. The van der Waals surface area contributed by atoms with Gasteiger partial charge in [-0.05, 0) is 26.2 Å². The molecule has 2 rings (SSSR count). The Morgan fingerprint density at radius 2 is 1.59 bits per heavy atom. The van der Waals surface area contributed by atoms with Crippen LogP contribution in [0.1, 0.15) is 35.2 Å². The van der Waals surface area contributed by atoms with E-state index in [1.54, 1.807) is 17.0 Å². The van der Waals surface area contributed by atoms with Crippen LogP contribution in [-0.4, -0.2) is 29.7 Å². The highest BCUT2D eigenvalue weighted by Crippen LogP contribution is 2.12. The monoisotopic (exact) mass is 231 g/mol. The van der Waals surface area contributed by atoms with Crippen molar-refractivity contribution in [2.24, 2.45) is 0 Å². The molecule has 0 saturated carbocycles. The van der Waals surface area contributed by atoms with E-state index in [-0.39, 0.29) is 11.7 Å². The standard InChI is InChI=1S/C14H17NO2/c1-11-5-7-12(8-6-11)13(16)14(17)15-9-3-2-4-10-15/h5-8H,2-4,9-10H2,1H3. The zero-order valence-corrected chi connectivity index (χ0v) is 10.1. The number of hydrogen-bond donors (Lipinski definition) is 0. The zero-order valence-electron chi connectivity index (χ0n) is 10.1. The number of Topliss-reactive ketones (excluding diaryl/α,β-unsaturated/α-hetero) is 1. The van der Waals surface area contributed by atoms with E-state index in [1.165, 1.54) is 0 Å². The second-order valence-corrected chi connectivity index (χ2v) is 4.55. The summed E-state index contributed by atoms with van der Waals surface area (Å²) in [4.78, 5) is 25.6. The number of nitrogens with zero attached hydrogens (tertiary/aromatic N) is 1. The van der Waals surface area contributed by atoms with Crippen molar-refractivity contribution >= 4 is 11.7 Å². The fraction of sp³-hybridized carbons (Fsp3) is 0.429. The second kappa shape index (κ2) is 5.13. The molecule has 1 amide bonds. The Morgan fingerprint density at radius 1 is 1.00 bits per heavy atom. The predicted molar refractivity (Wildman–Crippen MR) is 65.9 cm³/mol. The van der Waals surface area contributed by atoms with Crippen molar-refractivity contribution in [3.05, 3.63) is 35.4 Å². The van der Waals surface area contributed by atoms with Crippen molar-refractivity contribution < 1.29 is 9.59 Å². The number of carbonyl (C=O) groups excluding carboxylic acids is 2. The largest absolute Gasteiger partial charge is 0.336 e. The first-order valence-corrected chi connectivity index (χ1v) is 6.09. The van der Waals surface area contributed by atoms with Crippen molar-refractivity contribution in [1.82, 2.24) is 4.90 Å². The number of hydrogen-bond acceptors (Lipinski definition) is 2. The average Bonchev–Trinajstić information content (AvgIpc) is 2.39. The van der Waals surface area contributed by atoms with Gasteiger partial charge in [0.15, 0.2) is 0 Å². The molecule has 1 aliphatic heterocycles. The Kier molecular flexibility index (Phi) is 3.57. The van der Waals surface area contributed by atoms with E-state index < -0.39 is 0 Å². The maximum Gasteiger partial charge on any atom is 0.294 e. The number of carbonyl (C=O) groups is 2. The van der Waals surface area contributed by atoms with Crippen LogP contribution >= 0.6 is 0 Å². The molecule has 1 aliphatic rings. The smallest absolute Gasteiger partial charge is 0.294 e. The van der Waals surface area contributed by atoms with Gasteiger partial charge in [-0.1, -0.05) is 29.8 Å². The normalized spacial score (nSPS) is 15.7. The Hall–Kier alpha value is -1.64. The number of benzene rings is 1. The topological polar surface area (TPSA) is 37.4 Å². The average molecular weight is 231 g/mol. The minimum atomic E-state index is -0.382. The van der Waals surface area contributed by atoms with Crippen molar-refractivity contribution in [3.8, 4) is 0 Å². The molecule has 0 unspecified atom stereocenters. The summed E-state index contributed by atoms with van der Waals surface area (Å²) in [5.74, 6) is -0.736. The minimum absolute atomic E-state index is 0.353. The maximum absolute atomic E-state index is 12.0. The van der Waals surface area contributed by atoms with E-state index in [4.69, 9.17) is 0 Å². The summed E-state index contributed by atoms with van der Waals surface area (Å²) in [6, 6.07) is 7.16.